The fraction of sp³-hybridized carbons (Fsp3) is 0.273. The highest BCUT2D eigenvalue weighted by atomic mass is 35.5. The van der Waals surface area contributed by atoms with Crippen molar-refractivity contribution in [2.45, 2.75) is 13.3 Å². The second-order valence-electron chi connectivity index (χ2n) is 3.93. The van der Waals surface area contributed by atoms with E-state index in [0.717, 1.165) is 0 Å². The van der Waals surface area contributed by atoms with Crippen molar-refractivity contribution in [3.8, 4) is 11.5 Å². The van der Waals surface area contributed by atoms with Gasteiger partial charge >= 0.3 is 0 Å². The van der Waals surface area contributed by atoms with E-state index in [1.165, 1.54) is 12.1 Å². The standard InChI is InChI=1S/C11H11ClN2O3/c1-5-4-8(16)13-14-10(5)6-2-3-7(15)9(12)11(6)17/h2-3,5,15,17H,4H2,1H3,(H,13,16). The van der Waals surface area contributed by atoms with Crippen molar-refractivity contribution in [1.29, 1.82) is 0 Å². The van der Waals surface area contributed by atoms with E-state index in [1.807, 2.05) is 6.92 Å². The van der Waals surface area contributed by atoms with Gasteiger partial charge < -0.3 is 10.2 Å². The molecule has 5 nitrogen and oxygen atoms in total. The number of nitrogens with one attached hydrogen (secondary N) is 1. The number of halogens is 1. The predicted molar refractivity (Wildman–Crippen MR) is 63.2 cm³/mol. The Kier molecular flexibility index (Phi) is 2.93. The molecule has 1 aromatic carbocycles. The lowest BCUT2D eigenvalue weighted by Crippen LogP contribution is -2.32. The third-order valence-electron chi connectivity index (χ3n) is 2.63. The fourth-order valence-electron chi connectivity index (χ4n) is 1.74. The van der Waals surface area contributed by atoms with Crippen molar-refractivity contribution >= 4 is 23.2 Å². The molecule has 0 fully saturated rings. The normalized spacial score (nSPS) is 19.8. The highest BCUT2D eigenvalue weighted by Crippen LogP contribution is 2.36. The SMILES string of the molecule is CC1CC(=O)NN=C1c1ccc(O)c(Cl)c1O. The van der Waals surface area contributed by atoms with Gasteiger partial charge in [0.05, 0.1) is 5.71 Å². The van der Waals surface area contributed by atoms with Crippen LogP contribution in [0.4, 0.5) is 0 Å². The summed E-state index contributed by atoms with van der Waals surface area (Å²) in [5.41, 5.74) is 3.32. The molecule has 0 saturated heterocycles. The van der Waals surface area contributed by atoms with Crippen LogP contribution in [0, 0.1) is 5.92 Å². The van der Waals surface area contributed by atoms with E-state index in [1.54, 1.807) is 0 Å². The van der Waals surface area contributed by atoms with E-state index in [4.69, 9.17) is 11.6 Å². The number of hydrogen-bond donors (Lipinski definition) is 3. The van der Waals surface area contributed by atoms with Gasteiger partial charge in [-0.05, 0) is 12.1 Å². The predicted octanol–water partition coefficient (Wildman–Crippen LogP) is 1.61. The van der Waals surface area contributed by atoms with E-state index >= 15 is 0 Å². The summed E-state index contributed by atoms with van der Waals surface area (Å²) in [5, 5.41) is 23.0. The Bertz CT molecular complexity index is 514. The molecule has 90 valence electrons. The summed E-state index contributed by atoms with van der Waals surface area (Å²) in [7, 11) is 0. The van der Waals surface area contributed by atoms with Crippen LogP contribution in [-0.2, 0) is 4.79 Å². The number of hydrazone groups is 1. The maximum atomic E-state index is 11.1. The Balaban J connectivity index is 2.48. The lowest BCUT2D eigenvalue weighted by molar-refractivity contribution is -0.121. The van der Waals surface area contributed by atoms with Gasteiger partial charge in [0, 0.05) is 17.9 Å². The van der Waals surface area contributed by atoms with Gasteiger partial charge in [-0.15, -0.1) is 0 Å². The second-order valence-corrected chi connectivity index (χ2v) is 4.31. The van der Waals surface area contributed by atoms with Crippen LogP contribution in [0.1, 0.15) is 18.9 Å². The summed E-state index contributed by atoms with van der Waals surface area (Å²) in [5.74, 6) is -0.699. The van der Waals surface area contributed by atoms with Crippen LogP contribution in [0.15, 0.2) is 17.2 Å². The monoisotopic (exact) mass is 254 g/mol. The van der Waals surface area contributed by atoms with Crippen LogP contribution in [0.3, 0.4) is 0 Å². The van der Waals surface area contributed by atoms with Crippen LogP contribution in [0.5, 0.6) is 11.5 Å². The molecule has 1 amide bonds. The maximum absolute atomic E-state index is 11.1. The molecule has 17 heavy (non-hydrogen) atoms. The van der Waals surface area contributed by atoms with Crippen LogP contribution in [0.25, 0.3) is 0 Å². The molecule has 3 N–H and O–H groups in total. The fourth-order valence-corrected chi connectivity index (χ4v) is 1.90. The van der Waals surface area contributed by atoms with Gasteiger partial charge in [0.25, 0.3) is 0 Å². The molecule has 1 atom stereocenters. The maximum Gasteiger partial charge on any atom is 0.240 e. The molecule has 2 rings (SSSR count). The largest absolute Gasteiger partial charge is 0.506 e. The molecule has 1 unspecified atom stereocenters. The lowest BCUT2D eigenvalue weighted by Gasteiger charge is -2.20. The van der Waals surface area contributed by atoms with E-state index in [-0.39, 0.29) is 28.3 Å². The van der Waals surface area contributed by atoms with Gasteiger partial charge in [-0.2, -0.15) is 5.10 Å². The van der Waals surface area contributed by atoms with Crippen LogP contribution >= 0.6 is 11.6 Å². The number of carbonyl (C=O) groups is 1. The minimum absolute atomic E-state index is 0.116. The minimum atomic E-state index is -0.228. The van der Waals surface area contributed by atoms with Crippen LogP contribution < -0.4 is 5.43 Å². The molecule has 1 aliphatic rings. The van der Waals surface area contributed by atoms with E-state index in [0.29, 0.717) is 17.7 Å². The quantitative estimate of drug-likeness (QED) is 0.712. The zero-order chi connectivity index (χ0) is 12.6. The zero-order valence-corrected chi connectivity index (χ0v) is 9.82. The Morgan fingerprint density at radius 3 is 2.82 bits per heavy atom. The molecular formula is C11H11ClN2O3. The van der Waals surface area contributed by atoms with Gasteiger partial charge in [-0.3, -0.25) is 4.79 Å². The molecule has 0 aliphatic carbocycles. The number of carbonyl (C=O) groups excluding carboxylic acids is 1. The summed E-state index contributed by atoms with van der Waals surface area (Å²) in [6.45, 7) is 1.83. The van der Waals surface area contributed by atoms with Crippen molar-refractivity contribution in [3.63, 3.8) is 0 Å². The van der Waals surface area contributed by atoms with Crippen molar-refractivity contribution in [3.05, 3.63) is 22.7 Å². The first kappa shape index (κ1) is 11.7. The average molecular weight is 255 g/mol. The summed E-state index contributed by atoms with van der Waals surface area (Å²) in [4.78, 5) is 11.1. The second kappa shape index (κ2) is 4.25. The lowest BCUT2D eigenvalue weighted by atomic mass is 9.93. The van der Waals surface area contributed by atoms with E-state index in [2.05, 4.69) is 10.5 Å². The first-order chi connectivity index (χ1) is 8.00. The minimum Gasteiger partial charge on any atom is -0.506 e. The average Bonchev–Trinajstić information content (AvgIpc) is 2.28. The number of benzene rings is 1. The molecule has 0 spiro atoms. The number of nitrogens with zero attached hydrogens (tertiary/aromatic N) is 1. The molecule has 0 saturated carbocycles. The van der Waals surface area contributed by atoms with Gasteiger partial charge in [0.15, 0.2) is 0 Å². The molecule has 6 heteroatoms. The van der Waals surface area contributed by atoms with Crippen molar-refractivity contribution in [1.82, 2.24) is 5.43 Å². The number of amides is 1. The van der Waals surface area contributed by atoms with Gasteiger partial charge in [0.2, 0.25) is 5.91 Å². The molecular weight excluding hydrogens is 244 g/mol. The zero-order valence-electron chi connectivity index (χ0n) is 9.07. The highest BCUT2D eigenvalue weighted by molar-refractivity contribution is 6.34. The number of phenolic OH excluding ortho intramolecular Hbond substituents is 2. The summed E-state index contributed by atoms with van der Waals surface area (Å²) in [6, 6.07) is 2.90. The van der Waals surface area contributed by atoms with Crippen molar-refractivity contribution < 1.29 is 15.0 Å². The molecule has 1 aliphatic heterocycles. The number of hydrogen-bond acceptors (Lipinski definition) is 4. The third kappa shape index (κ3) is 2.06. The summed E-state index contributed by atoms with van der Waals surface area (Å²) >= 11 is 5.74. The first-order valence-corrected chi connectivity index (χ1v) is 5.45. The Hall–Kier alpha value is -1.75. The summed E-state index contributed by atoms with van der Waals surface area (Å²) in [6.07, 6.45) is 0.302. The first-order valence-electron chi connectivity index (χ1n) is 5.08. The van der Waals surface area contributed by atoms with E-state index < -0.39 is 0 Å². The molecule has 1 aromatic rings. The third-order valence-corrected chi connectivity index (χ3v) is 3.00. The number of phenols is 2. The molecule has 0 aromatic heterocycles. The molecule has 0 bridgehead atoms. The summed E-state index contributed by atoms with van der Waals surface area (Å²) < 4.78 is 0. The number of rotatable bonds is 1. The number of aromatic hydroxyl groups is 2. The van der Waals surface area contributed by atoms with Gasteiger partial charge in [0.1, 0.15) is 16.5 Å². The van der Waals surface area contributed by atoms with Crippen molar-refractivity contribution in [2.24, 2.45) is 11.0 Å². The van der Waals surface area contributed by atoms with Gasteiger partial charge in [-0.25, -0.2) is 5.43 Å². The van der Waals surface area contributed by atoms with Crippen LogP contribution in [-0.4, -0.2) is 21.8 Å². The Morgan fingerprint density at radius 1 is 1.47 bits per heavy atom. The van der Waals surface area contributed by atoms with Crippen LogP contribution in [0.2, 0.25) is 5.02 Å². The Labute approximate surface area is 103 Å². The van der Waals surface area contributed by atoms with Gasteiger partial charge in [-0.1, -0.05) is 18.5 Å². The molecule has 1 heterocycles. The van der Waals surface area contributed by atoms with E-state index in [9.17, 15) is 15.0 Å². The smallest absolute Gasteiger partial charge is 0.240 e. The molecule has 0 radical (unpaired) electrons. The highest BCUT2D eigenvalue weighted by Gasteiger charge is 2.25. The van der Waals surface area contributed by atoms with Crippen molar-refractivity contribution in [2.75, 3.05) is 0 Å². The topological polar surface area (TPSA) is 81.9 Å². The Morgan fingerprint density at radius 2 is 2.18 bits per heavy atom.